The van der Waals surface area contributed by atoms with Crippen LogP contribution < -0.4 is 5.73 Å². The van der Waals surface area contributed by atoms with E-state index in [1.54, 1.807) is 12.4 Å². The number of hydrogen-bond acceptors (Lipinski definition) is 5. The number of pyridine rings is 1. The first-order chi connectivity index (χ1) is 9.25. The first kappa shape index (κ1) is 11.4. The minimum absolute atomic E-state index is 0.417. The third-order valence-corrected chi connectivity index (χ3v) is 2.90. The van der Waals surface area contributed by atoms with Crippen molar-refractivity contribution in [2.45, 2.75) is 6.92 Å². The van der Waals surface area contributed by atoms with Crippen molar-refractivity contribution < 1.29 is 4.52 Å². The lowest BCUT2D eigenvalue weighted by molar-refractivity contribution is 0.432. The third kappa shape index (κ3) is 2.06. The van der Waals surface area contributed by atoms with E-state index in [4.69, 9.17) is 10.3 Å². The Kier molecular flexibility index (Phi) is 2.72. The van der Waals surface area contributed by atoms with Gasteiger partial charge in [-0.3, -0.25) is 4.98 Å². The molecule has 0 unspecified atom stereocenters. The maximum atomic E-state index is 6.02. The molecule has 19 heavy (non-hydrogen) atoms. The normalized spacial score (nSPS) is 10.6. The molecule has 2 N–H and O–H groups in total. The molecule has 0 spiro atoms. The van der Waals surface area contributed by atoms with Crippen molar-refractivity contribution in [3.63, 3.8) is 0 Å². The summed E-state index contributed by atoms with van der Waals surface area (Å²) >= 11 is 0. The summed E-state index contributed by atoms with van der Waals surface area (Å²) in [7, 11) is 0. The van der Waals surface area contributed by atoms with Gasteiger partial charge in [0, 0.05) is 23.6 Å². The van der Waals surface area contributed by atoms with Crippen LogP contribution >= 0.6 is 0 Å². The zero-order chi connectivity index (χ0) is 13.2. The number of hydrogen-bond donors (Lipinski definition) is 1. The Morgan fingerprint density at radius 1 is 1.16 bits per heavy atom. The zero-order valence-electron chi connectivity index (χ0n) is 10.4. The monoisotopic (exact) mass is 252 g/mol. The van der Waals surface area contributed by atoms with Crippen LogP contribution in [0.1, 0.15) is 5.56 Å². The van der Waals surface area contributed by atoms with Crippen LogP contribution in [0.2, 0.25) is 0 Å². The van der Waals surface area contributed by atoms with E-state index in [0.29, 0.717) is 17.4 Å². The largest absolute Gasteiger partial charge is 0.398 e. The summed E-state index contributed by atoms with van der Waals surface area (Å²) in [5.41, 5.74) is 9.23. The van der Waals surface area contributed by atoms with E-state index in [2.05, 4.69) is 15.1 Å². The highest BCUT2D eigenvalue weighted by Crippen LogP contribution is 2.28. The topological polar surface area (TPSA) is 77.8 Å². The van der Waals surface area contributed by atoms with Crippen LogP contribution in [-0.4, -0.2) is 15.1 Å². The van der Waals surface area contributed by atoms with E-state index in [1.165, 1.54) is 0 Å². The van der Waals surface area contributed by atoms with E-state index in [9.17, 15) is 0 Å². The number of rotatable bonds is 2. The summed E-state index contributed by atoms with van der Waals surface area (Å²) in [5.74, 6) is 0.920. The van der Waals surface area contributed by atoms with Crippen LogP contribution in [0.4, 0.5) is 5.69 Å². The van der Waals surface area contributed by atoms with E-state index in [0.717, 1.165) is 16.7 Å². The van der Waals surface area contributed by atoms with Crippen molar-refractivity contribution in [1.82, 2.24) is 15.1 Å². The van der Waals surface area contributed by atoms with E-state index in [-0.39, 0.29) is 0 Å². The minimum Gasteiger partial charge on any atom is -0.398 e. The minimum atomic E-state index is 0.417. The predicted molar refractivity (Wildman–Crippen MR) is 72.1 cm³/mol. The van der Waals surface area contributed by atoms with Crippen molar-refractivity contribution in [1.29, 1.82) is 0 Å². The molecule has 0 aliphatic rings. The molecule has 0 fully saturated rings. The molecule has 0 saturated heterocycles. The second-order valence-electron chi connectivity index (χ2n) is 4.20. The van der Waals surface area contributed by atoms with E-state index >= 15 is 0 Å². The van der Waals surface area contributed by atoms with Crippen LogP contribution in [0.5, 0.6) is 0 Å². The maximum absolute atomic E-state index is 6.02. The second kappa shape index (κ2) is 4.53. The molecule has 2 heterocycles. The summed E-state index contributed by atoms with van der Waals surface area (Å²) in [4.78, 5) is 8.38. The molecular weight excluding hydrogens is 240 g/mol. The Morgan fingerprint density at radius 2 is 2.05 bits per heavy atom. The van der Waals surface area contributed by atoms with Crippen molar-refractivity contribution in [3.8, 4) is 22.8 Å². The lowest BCUT2D eigenvalue weighted by Gasteiger charge is -2.02. The molecule has 0 bridgehead atoms. The van der Waals surface area contributed by atoms with Gasteiger partial charge >= 0.3 is 0 Å². The Morgan fingerprint density at radius 3 is 2.84 bits per heavy atom. The fraction of sp³-hybridized carbons (Fsp3) is 0.0714. The number of aryl methyl sites for hydroxylation is 1. The standard InChI is InChI=1S/C14H12N4O/c1-9-4-2-6-11(12(9)15)14-17-13(18-19-14)10-5-3-7-16-8-10/h2-8H,15H2,1H3. The third-order valence-electron chi connectivity index (χ3n) is 2.90. The number of para-hydroxylation sites is 1. The number of aromatic nitrogens is 3. The van der Waals surface area contributed by atoms with Crippen molar-refractivity contribution >= 4 is 5.69 Å². The second-order valence-corrected chi connectivity index (χ2v) is 4.20. The fourth-order valence-electron chi connectivity index (χ4n) is 1.81. The molecule has 1 aromatic carbocycles. The summed E-state index contributed by atoms with van der Waals surface area (Å²) in [5, 5.41) is 3.95. The Bertz CT molecular complexity index is 706. The van der Waals surface area contributed by atoms with Crippen molar-refractivity contribution in [2.24, 2.45) is 0 Å². The average Bonchev–Trinajstić information content (AvgIpc) is 2.92. The van der Waals surface area contributed by atoms with Crippen LogP contribution in [0.25, 0.3) is 22.8 Å². The molecule has 5 heteroatoms. The molecule has 0 amide bonds. The molecule has 0 radical (unpaired) electrons. The molecule has 3 aromatic rings. The van der Waals surface area contributed by atoms with Gasteiger partial charge in [0.25, 0.3) is 5.89 Å². The van der Waals surface area contributed by atoms with Gasteiger partial charge in [-0.25, -0.2) is 0 Å². The van der Waals surface area contributed by atoms with E-state index < -0.39 is 0 Å². The van der Waals surface area contributed by atoms with Crippen LogP contribution in [0, 0.1) is 6.92 Å². The average molecular weight is 252 g/mol. The maximum Gasteiger partial charge on any atom is 0.260 e. The summed E-state index contributed by atoms with van der Waals surface area (Å²) < 4.78 is 5.27. The van der Waals surface area contributed by atoms with Gasteiger partial charge in [0.05, 0.1) is 5.56 Å². The Balaban J connectivity index is 2.05. The highest BCUT2D eigenvalue weighted by molar-refractivity contribution is 5.73. The molecule has 0 aliphatic heterocycles. The number of nitrogens with two attached hydrogens (primary N) is 1. The predicted octanol–water partition coefficient (Wildman–Crippen LogP) is 2.69. The zero-order valence-corrected chi connectivity index (χ0v) is 10.4. The molecular formula is C14H12N4O. The number of benzene rings is 1. The lowest BCUT2D eigenvalue weighted by atomic mass is 10.1. The molecule has 0 aliphatic carbocycles. The van der Waals surface area contributed by atoms with Gasteiger partial charge < -0.3 is 10.3 Å². The summed E-state index contributed by atoms with van der Waals surface area (Å²) in [6.07, 6.45) is 3.39. The lowest BCUT2D eigenvalue weighted by Crippen LogP contribution is -1.93. The highest BCUT2D eigenvalue weighted by Gasteiger charge is 2.13. The first-order valence-corrected chi connectivity index (χ1v) is 5.85. The fourth-order valence-corrected chi connectivity index (χ4v) is 1.81. The van der Waals surface area contributed by atoms with Gasteiger partial charge in [0.2, 0.25) is 5.82 Å². The molecule has 3 rings (SSSR count). The van der Waals surface area contributed by atoms with Crippen LogP contribution in [0.3, 0.4) is 0 Å². The quantitative estimate of drug-likeness (QED) is 0.709. The number of anilines is 1. The molecule has 0 atom stereocenters. The molecule has 94 valence electrons. The summed E-state index contributed by atoms with van der Waals surface area (Å²) in [6, 6.07) is 9.42. The van der Waals surface area contributed by atoms with Crippen molar-refractivity contribution in [3.05, 3.63) is 48.3 Å². The van der Waals surface area contributed by atoms with Gasteiger partial charge in [-0.1, -0.05) is 17.3 Å². The van der Waals surface area contributed by atoms with Crippen LogP contribution in [0.15, 0.2) is 47.2 Å². The SMILES string of the molecule is Cc1cccc(-c2nc(-c3cccnc3)no2)c1N. The van der Waals surface area contributed by atoms with Gasteiger partial charge in [-0.2, -0.15) is 4.98 Å². The number of nitrogens with zero attached hydrogens (tertiary/aromatic N) is 3. The summed E-state index contributed by atoms with van der Waals surface area (Å²) in [6.45, 7) is 1.94. The molecule has 5 nitrogen and oxygen atoms in total. The van der Waals surface area contributed by atoms with Gasteiger partial charge in [0.1, 0.15) is 0 Å². The smallest absolute Gasteiger partial charge is 0.260 e. The van der Waals surface area contributed by atoms with E-state index in [1.807, 2.05) is 37.3 Å². The highest BCUT2D eigenvalue weighted by atomic mass is 16.5. The molecule has 0 saturated carbocycles. The van der Waals surface area contributed by atoms with Gasteiger partial charge in [-0.15, -0.1) is 0 Å². The molecule has 2 aromatic heterocycles. The van der Waals surface area contributed by atoms with Gasteiger partial charge in [0.15, 0.2) is 0 Å². The Hall–Kier alpha value is -2.69. The number of nitrogen functional groups attached to an aromatic ring is 1. The first-order valence-electron chi connectivity index (χ1n) is 5.85. The van der Waals surface area contributed by atoms with Gasteiger partial charge in [-0.05, 0) is 30.7 Å². The van der Waals surface area contributed by atoms with Crippen molar-refractivity contribution in [2.75, 3.05) is 5.73 Å². The Labute approximate surface area is 110 Å². The van der Waals surface area contributed by atoms with Crippen LogP contribution in [-0.2, 0) is 0 Å².